The molecule has 14 heteroatoms. The molecule has 3 rings (SSSR count). The lowest BCUT2D eigenvalue weighted by atomic mass is 10.1. The second kappa shape index (κ2) is 10.5. The molecule has 0 unspecified atom stereocenters. The van der Waals surface area contributed by atoms with E-state index in [-0.39, 0.29) is 34.6 Å². The maximum Gasteiger partial charge on any atom is 0.302 e. The Morgan fingerprint density at radius 3 is 2.60 bits per heavy atom. The molecular formula is C21H16ClF2N5O5S. The van der Waals surface area contributed by atoms with Crippen LogP contribution in [-0.4, -0.2) is 36.7 Å². The Balaban J connectivity index is 2.01. The molecule has 2 aromatic carbocycles. The number of aromatic nitrogens is 3. The second-order valence-corrected chi connectivity index (χ2v) is 8.80. The number of methoxy groups -OCH3 is 1. The van der Waals surface area contributed by atoms with Crippen LogP contribution in [0.4, 0.5) is 20.4 Å². The van der Waals surface area contributed by atoms with E-state index in [1.807, 2.05) is 4.72 Å². The Kier molecular flexibility index (Phi) is 7.68. The van der Waals surface area contributed by atoms with Crippen molar-refractivity contribution in [3.05, 3.63) is 63.9 Å². The van der Waals surface area contributed by atoms with Crippen molar-refractivity contribution in [1.29, 1.82) is 0 Å². The lowest BCUT2D eigenvalue weighted by Crippen LogP contribution is -2.17. The number of rotatable bonds is 6. The Labute approximate surface area is 203 Å². The lowest BCUT2D eigenvalue weighted by Gasteiger charge is -2.16. The number of carbonyl (C=O) groups excluding carboxylic acids is 1. The molecule has 0 spiro atoms. The van der Waals surface area contributed by atoms with E-state index >= 15 is 4.39 Å². The smallest absolute Gasteiger partial charge is 0.302 e. The van der Waals surface area contributed by atoms with Crippen LogP contribution in [0.5, 0.6) is 5.75 Å². The summed E-state index contributed by atoms with van der Waals surface area (Å²) >= 11 is 6.04. The van der Waals surface area contributed by atoms with E-state index < -0.39 is 43.8 Å². The van der Waals surface area contributed by atoms with Crippen LogP contribution in [0.25, 0.3) is 0 Å². The van der Waals surface area contributed by atoms with Crippen LogP contribution in [0.2, 0.25) is 5.02 Å². The maximum absolute atomic E-state index is 15.0. The number of anilines is 2. The molecule has 0 amide bonds. The lowest BCUT2D eigenvalue weighted by molar-refractivity contribution is -0.142. The fourth-order valence-corrected chi connectivity index (χ4v) is 4.36. The Morgan fingerprint density at radius 1 is 1.23 bits per heavy atom. The third-order valence-corrected chi connectivity index (χ3v) is 5.84. The number of benzene rings is 2. The molecule has 0 aliphatic rings. The molecule has 0 aliphatic carbocycles. The number of sulfonamides is 1. The van der Waals surface area contributed by atoms with E-state index in [0.717, 1.165) is 24.4 Å². The Hall–Kier alpha value is -4.02. The molecule has 1 heterocycles. The Bertz CT molecular complexity index is 1460. The van der Waals surface area contributed by atoms with Gasteiger partial charge in [0.15, 0.2) is 11.5 Å². The van der Waals surface area contributed by atoms with Crippen LogP contribution in [0.15, 0.2) is 35.4 Å². The third-order valence-electron chi connectivity index (χ3n) is 4.25. The van der Waals surface area contributed by atoms with Gasteiger partial charge in [-0.1, -0.05) is 17.5 Å². The van der Waals surface area contributed by atoms with Gasteiger partial charge in [-0.15, -0.1) is 10.2 Å². The van der Waals surface area contributed by atoms with Crippen LogP contribution < -0.4 is 15.2 Å². The van der Waals surface area contributed by atoms with Crippen molar-refractivity contribution in [1.82, 2.24) is 15.2 Å². The summed E-state index contributed by atoms with van der Waals surface area (Å²) in [5.41, 5.74) is 4.13. The monoisotopic (exact) mass is 523 g/mol. The van der Waals surface area contributed by atoms with Gasteiger partial charge in [0.05, 0.1) is 24.6 Å². The molecule has 35 heavy (non-hydrogen) atoms. The number of carbonyl (C=O) groups is 1. The average Bonchev–Trinajstić information content (AvgIpc) is 2.80. The average molecular weight is 524 g/mol. The highest BCUT2D eigenvalue weighted by Gasteiger charge is 2.26. The van der Waals surface area contributed by atoms with E-state index in [2.05, 4.69) is 27.0 Å². The largest absolute Gasteiger partial charge is 0.495 e. The van der Waals surface area contributed by atoms with Crippen molar-refractivity contribution >= 4 is 39.2 Å². The van der Waals surface area contributed by atoms with E-state index in [9.17, 15) is 17.6 Å². The van der Waals surface area contributed by atoms with Crippen LogP contribution in [0, 0.1) is 23.5 Å². The van der Waals surface area contributed by atoms with E-state index in [1.165, 1.54) is 20.1 Å². The summed E-state index contributed by atoms with van der Waals surface area (Å²) < 4.78 is 67.6. The molecule has 10 nitrogen and oxygen atoms in total. The third kappa shape index (κ3) is 6.11. The summed E-state index contributed by atoms with van der Waals surface area (Å²) in [4.78, 5) is 14.4. The van der Waals surface area contributed by atoms with Crippen LogP contribution in [-0.2, 0) is 26.2 Å². The predicted octanol–water partition coefficient (Wildman–Crippen LogP) is 2.66. The number of esters is 1. The fraction of sp³-hybridized carbons (Fsp3) is 0.143. The van der Waals surface area contributed by atoms with Gasteiger partial charge in [-0.3, -0.25) is 9.52 Å². The molecule has 3 aromatic rings. The number of ether oxygens (including phenoxy) is 2. The first-order valence-electron chi connectivity index (χ1n) is 9.49. The molecule has 0 fully saturated rings. The van der Waals surface area contributed by atoms with E-state index in [4.69, 9.17) is 26.8 Å². The summed E-state index contributed by atoms with van der Waals surface area (Å²) in [5.74, 6) is 1.38. The van der Waals surface area contributed by atoms with Gasteiger partial charge in [0.2, 0.25) is 5.95 Å². The molecule has 3 N–H and O–H groups in total. The van der Waals surface area contributed by atoms with Gasteiger partial charge in [0.25, 0.3) is 10.0 Å². The normalized spacial score (nSPS) is 10.8. The second-order valence-electron chi connectivity index (χ2n) is 6.72. The summed E-state index contributed by atoms with van der Waals surface area (Å²) in [7, 11) is -3.33. The van der Waals surface area contributed by atoms with Crippen molar-refractivity contribution in [2.24, 2.45) is 0 Å². The SMILES string of the molecule is COc1c(COC(C)=O)cc(Cl)cc1S(=O)(=O)Nc1ccc(F)c(C#Cc2cnc(N)nn2)c1F. The van der Waals surface area contributed by atoms with Crippen LogP contribution in [0.3, 0.4) is 0 Å². The number of nitrogens with zero attached hydrogens (tertiary/aromatic N) is 3. The summed E-state index contributed by atoms with van der Waals surface area (Å²) in [6, 6.07) is 4.13. The zero-order chi connectivity index (χ0) is 25.8. The van der Waals surface area contributed by atoms with Gasteiger partial charge in [-0.2, -0.15) is 0 Å². The van der Waals surface area contributed by atoms with E-state index in [1.54, 1.807) is 0 Å². The standard InChI is InChI=1S/C21H16ClF2N5O5S/c1-11(30)34-10-12-7-13(22)8-18(20(12)33-2)35(31,32)29-17-6-5-16(23)15(19(17)24)4-3-14-9-26-21(25)28-27-14/h5-9,29H,10H2,1-2H3,(H2,25,26,28). The first-order valence-corrected chi connectivity index (χ1v) is 11.4. The quantitative estimate of drug-likeness (QED) is 0.367. The highest BCUT2D eigenvalue weighted by molar-refractivity contribution is 7.92. The van der Waals surface area contributed by atoms with Crippen LogP contribution >= 0.6 is 11.6 Å². The number of hydrogen-bond donors (Lipinski definition) is 2. The van der Waals surface area contributed by atoms with Crippen molar-refractivity contribution in [3.63, 3.8) is 0 Å². The first kappa shape index (κ1) is 25.6. The first-order chi connectivity index (χ1) is 16.5. The minimum Gasteiger partial charge on any atom is -0.495 e. The zero-order valence-electron chi connectivity index (χ0n) is 18.1. The maximum atomic E-state index is 15.0. The molecule has 0 atom stereocenters. The van der Waals surface area contributed by atoms with Gasteiger partial charge in [0.1, 0.15) is 23.1 Å². The van der Waals surface area contributed by atoms with Gasteiger partial charge in [0, 0.05) is 17.5 Å². The van der Waals surface area contributed by atoms with Gasteiger partial charge < -0.3 is 15.2 Å². The van der Waals surface area contributed by atoms with Crippen LogP contribution in [0.1, 0.15) is 23.7 Å². The summed E-state index contributed by atoms with van der Waals surface area (Å²) in [5, 5.41) is 7.07. The topological polar surface area (TPSA) is 146 Å². The van der Waals surface area contributed by atoms with Gasteiger partial charge in [-0.05, 0) is 30.2 Å². The summed E-state index contributed by atoms with van der Waals surface area (Å²) in [6.07, 6.45) is 1.15. The molecule has 0 saturated heterocycles. The summed E-state index contributed by atoms with van der Waals surface area (Å²) in [6.45, 7) is 0.847. The molecule has 1 aromatic heterocycles. The highest BCUT2D eigenvalue weighted by Crippen LogP contribution is 2.34. The zero-order valence-corrected chi connectivity index (χ0v) is 19.7. The number of nitrogen functional groups attached to an aromatic ring is 1. The van der Waals surface area contributed by atoms with Crippen molar-refractivity contribution in [3.8, 4) is 17.6 Å². The molecule has 0 radical (unpaired) electrons. The number of hydrogen-bond acceptors (Lipinski definition) is 9. The van der Waals surface area contributed by atoms with Crippen molar-refractivity contribution in [2.75, 3.05) is 17.6 Å². The van der Waals surface area contributed by atoms with Crippen molar-refractivity contribution in [2.45, 2.75) is 18.4 Å². The van der Waals surface area contributed by atoms with E-state index in [0.29, 0.717) is 0 Å². The molecule has 0 saturated carbocycles. The van der Waals surface area contributed by atoms with Gasteiger partial charge in [-0.25, -0.2) is 22.2 Å². The minimum absolute atomic E-state index is 0.0160. The molecule has 182 valence electrons. The Morgan fingerprint density at radius 2 is 1.97 bits per heavy atom. The van der Waals surface area contributed by atoms with Crippen molar-refractivity contribution < 1.29 is 31.5 Å². The van der Waals surface area contributed by atoms with Gasteiger partial charge >= 0.3 is 5.97 Å². The molecule has 0 aliphatic heterocycles. The molecular weight excluding hydrogens is 508 g/mol. The fourth-order valence-electron chi connectivity index (χ4n) is 2.75. The number of nitrogens with two attached hydrogens (primary N) is 1. The number of nitrogens with one attached hydrogen (secondary N) is 1. The highest BCUT2D eigenvalue weighted by atomic mass is 35.5. The predicted molar refractivity (Wildman–Crippen MR) is 121 cm³/mol. The molecule has 0 bridgehead atoms. The minimum atomic E-state index is -4.52. The number of halogens is 3.